The van der Waals surface area contributed by atoms with Crippen molar-refractivity contribution in [1.29, 1.82) is 0 Å². The summed E-state index contributed by atoms with van der Waals surface area (Å²) >= 11 is 0. The summed E-state index contributed by atoms with van der Waals surface area (Å²) in [4.78, 5) is 0. The van der Waals surface area contributed by atoms with Crippen molar-refractivity contribution in [2.24, 2.45) is 0 Å². The third kappa shape index (κ3) is 1.86. The van der Waals surface area contributed by atoms with Gasteiger partial charge in [0, 0.05) is 24.6 Å². The fourth-order valence-electron chi connectivity index (χ4n) is 3.42. The standard InChI is InChI=1S/C15H18N2O2/c1-2-8-17-14(3-1)13(11-16-17)12-4-6-15(7-5-12)18-9-10-19-15/h1-3,8,11-12H,4-7,9-10H2. The van der Waals surface area contributed by atoms with Crippen molar-refractivity contribution in [3.05, 3.63) is 36.2 Å². The molecule has 0 atom stereocenters. The van der Waals surface area contributed by atoms with Gasteiger partial charge in [-0.15, -0.1) is 0 Å². The molecular formula is C15H18N2O2. The number of rotatable bonds is 1. The van der Waals surface area contributed by atoms with E-state index in [9.17, 15) is 0 Å². The van der Waals surface area contributed by atoms with E-state index in [1.807, 2.05) is 23.0 Å². The van der Waals surface area contributed by atoms with Crippen LogP contribution >= 0.6 is 0 Å². The van der Waals surface area contributed by atoms with Gasteiger partial charge >= 0.3 is 0 Å². The molecule has 100 valence electrons. The lowest BCUT2D eigenvalue weighted by molar-refractivity contribution is -0.178. The van der Waals surface area contributed by atoms with E-state index in [1.165, 1.54) is 11.1 Å². The van der Waals surface area contributed by atoms with Crippen LogP contribution in [0.25, 0.3) is 5.52 Å². The summed E-state index contributed by atoms with van der Waals surface area (Å²) in [5.74, 6) is 0.317. The molecular weight excluding hydrogens is 240 g/mol. The molecule has 0 N–H and O–H groups in total. The summed E-state index contributed by atoms with van der Waals surface area (Å²) in [5.41, 5.74) is 2.60. The molecule has 0 radical (unpaired) electrons. The van der Waals surface area contributed by atoms with E-state index in [4.69, 9.17) is 9.47 Å². The number of hydrogen-bond acceptors (Lipinski definition) is 3. The lowest BCUT2D eigenvalue weighted by Gasteiger charge is -2.35. The first-order valence-electron chi connectivity index (χ1n) is 7.07. The largest absolute Gasteiger partial charge is 0.348 e. The predicted octanol–water partition coefficient (Wildman–Crippen LogP) is 2.74. The number of aromatic nitrogens is 2. The fourth-order valence-corrected chi connectivity index (χ4v) is 3.42. The Balaban J connectivity index is 1.58. The van der Waals surface area contributed by atoms with Gasteiger partial charge in [0.1, 0.15) is 0 Å². The lowest BCUT2D eigenvalue weighted by atomic mass is 9.81. The Morgan fingerprint density at radius 2 is 1.95 bits per heavy atom. The molecule has 2 aliphatic rings. The van der Waals surface area contributed by atoms with Gasteiger partial charge in [-0.05, 0) is 30.9 Å². The minimum absolute atomic E-state index is 0.264. The highest BCUT2D eigenvalue weighted by Gasteiger charge is 2.40. The lowest BCUT2D eigenvalue weighted by Crippen LogP contribution is -2.34. The molecule has 0 bridgehead atoms. The van der Waals surface area contributed by atoms with Crippen molar-refractivity contribution >= 4 is 5.52 Å². The molecule has 0 unspecified atom stereocenters. The van der Waals surface area contributed by atoms with E-state index in [1.54, 1.807) is 0 Å². The number of pyridine rings is 1. The summed E-state index contributed by atoms with van der Waals surface area (Å²) in [6.45, 7) is 1.50. The van der Waals surface area contributed by atoms with Crippen LogP contribution in [0.15, 0.2) is 30.6 Å². The molecule has 1 aliphatic heterocycles. The molecule has 0 aromatic carbocycles. The molecule has 0 amide bonds. The molecule has 19 heavy (non-hydrogen) atoms. The minimum Gasteiger partial charge on any atom is -0.348 e. The summed E-state index contributed by atoms with van der Waals surface area (Å²) in [6.07, 6.45) is 8.27. The Hall–Kier alpha value is -1.39. The zero-order chi connectivity index (χ0) is 12.7. The van der Waals surface area contributed by atoms with E-state index in [0.717, 1.165) is 38.9 Å². The zero-order valence-electron chi connectivity index (χ0n) is 10.9. The maximum absolute atomic E-state index is 5.79. The second kappa shape index (κ2) is 4.32. The van der Waals surface area contributed by atoms with Gasteiger partial charge < -0.3 is 9.47 Å². The van der Waals surface area contributed by atoms with Crippen LogP contribution in [0.5, 0.6) is 0 Å². The average molecular weight is 258 g/mol. The Labute approximate surface area is 112 Å². The van der Waals surface area contributed by atoms with Crippen LogP contribution in [0.4, 0.5) is 0 Å². The monoisotopic (exact) mass is 258 g/mol. The molecule has 2 aromatic rings. The Bertz CT molecular complexity index is 577. The van der Waals surface area contributed by atoms with Crippen molar-refractivity contribution in [2.75, 3.05) is 13.2 Å². The fraction of sp³-hybridized carbons (Fsp3) is 0.533. The first-order chi connectivity index (χ1) is 9.36. The van der Waals surface area contributed by atoms with Crippen LogP contribution in [0, 0.1) is 0 Å². The van der Waals surface area contributed by atoms with E-state index in [2.05, 4.69) is 17.2 Å². The van der Waals surface area contributed by atoms with Crippen molar-refractivity contribution in [3.63, 3.8) is 0 Å². The minimum atomic E-state index is -0.264. The Morgan fingerprint density at radius 1 is 1.16 bits per heavy atom. The topological polar surface area (TPSA) is 35.8 Å². The van der Waals surface area contributed by atoms with E-state index in [0.29, 0.717) is 5.92 Å². The second-order valence-corrected chi connectivity index (χ2v) is 5.51. The van der Waals surface area contributed by atoms with Crippen LogP contribution in [0.3, 0.4) is 0 Å². The highest BCUT2D eigenvalue weighted by molar-refractivity contribution is 5.55. The molecule has 2 fully saturated rings. The SMILES string of the molecule is c1ccn2ncc(C3CCC4(CC3)OCCO4)c2c1. The number of nitrogens with zero attached hydrogens (tertiary/aromatic N) is 2. The summed E-state index contributed by atoms with van der Waals surface area (Å²) in [6, 6.07) is 6.24. The normalized spacial score (nSPS) is 23.4. The van der Waals surface area contributed by atoms with Crippen LogP contribution < -0.4 is 0 Å². The van der Waals surface area contributed by atoms with Crippen molar-refractivity contribution in [3.8, 4) is 0 Å². The van der Waals surface area contributed by atoms with Gasteiger partial charge in [-0.25, -0.2) is 4.52 Å². The van der Waals surface area contributed by atoms with E-state index < -0.39 is 0 Å². The van der Waals surface area contributed by atoms with Crippen LogP contribution in [-0.2, 0) is 9.47 Å². The van der Waals surface area contributed by atoms with Gasteiger partial charge in [0.25, 0.3) is 0 Å². The highest BCUT2D eigenvalue weighted by Crippen LogP contribution is 2.43. The van der Waals surface area contributed by atoms with Gasteiger partial charge in [0.05, 0.1) is 24.9 Å². The zero-order valence-corrected chi connectivity index (χ0v) is 10.9. The summed E-state index contributed by atoms with van der Waals surface area (Å²) in [7, 11) is 0. The molecule has 3 heterocycles. The van der Waals surface area contributed by atoms with Crippen LogP contribution in [-0.4, -0.2) is 28.6 Å². The molecule has 4 rings (SSSR count). The Kier molecular flexibility index (Phi) is 2.60. The van der Waals surface area contributed by atoms with Crippen molar-refractivity contribution in [2.45, 2.75) is 37.4 Å². The first-order valence-corrected chi connectivity index (χ1v) is 7.07. The quantitative estimate of drug-likeness (QED) is 0.789. The molecule has 4 nitrogen and oxygen atoms in total. The molecule has 1 spiro atoms. The third-order valence-corrected chi connectivity index (χ3v) is 4.46. The smallest absolute Gasteiger partial charge is 0.168 e. The van der Waals surface area contributed by atoms with Crippen LogP contribution in [0.2, 0.25) is 0 Å². The third-order valence-electron chi connectivity index (χ3n) is 4.46. The van der Waals surface area contributed by atoms with Gasteiger partial charge in [0.2, 0.25) is 0 Å². The molecule has 2 aromatic heterocycles. The van der Waals surface area contributed by atoms with Crippen molar-refractivity contribution < 1.29 is 9.47 Å². The van der Waals surface area contributed by atoms with Crippen LogP contribution in [0.1, 0.15) is 37.2 Å². The van der Waals surface area contributed by atoms with Gasteiger partial charge in [-0.3, -0.25) is 0 Å². The first kappa shape index (κ1) is 11.4. The second-order valence-electron chi connectivity index (χ2n) is 5.51. The highest BCUT2D eigenvalue weighted by atomic mass is 16.7. The van der Waals surface area contributed by atoms with Crippen molar-refractivity contribution in [1.82, 2.24) is 9.61 Å². The molecule has 4 heteroatoms. The maximum atomic E-state index is 5.79. The molecule has 1 saturated carbocycles. The molecule has 1 aliphatic carbocycles. The number of fused-ring (bicyclic) bond motifs is 1. The Morgan fingerprint density at radius 3 is 2.74 bits per heavy atom. The van der Waals surface area contributed by atoms with Gasteiger partial charge in [0.15, 0.2) is 5.79 Å². The van der Waals surface area contributed by atoms with E-state index in [-0.39, 0.29) is 5.79 Å². The average Bonchev–Trinajstić information content (AvgIpc) is 3.08. The molecule has 1 saturated heterocycles. The summed E-state index contributed by atoms with van der Waals surface area (Å²) < 4.78 is 13.5. The van der Waals surface area contributed by atoms with Gasteiger partial charge in [-0.1, -0.05) is 6.07 Å². The maximum Gasteiger partial charge on any atom is 0.168 e. The summed E-state index contributed by atoms with van der Waals surface area (Å²) in [5, 5.41) is 4.44. The predicted molar refractivity (Wildman–Crippen MR) is 71.0 cm³/mol. The van der Waals surface area contributed by atoms with E-state index >= 15 is 0 Å². The number of hydrogen-bond donors (Lipinski definition) is 0. The number of ether oxygens (including phenoxy) is 2. The van der Waals surface area contributed by atoms with Gasteiger partial charge in [-0.2, -0.15) is 5.10 Å².